The summed E-state index contributed by atoms with van der Waals surface area (Å²) in [5, 5.41) is 8.85. The van der Waals surface area contributed by atoms with E-state index in [1.807, 2.05) is 48.5 Å². The molecule has 0 spiro atoms. The van der Waals surface area contributed by atoms with Gasteiger partial charge in [0.1, 0.15) is 22.3 Å². The minimum Gasteiger partial charge on any atom is -0.456 e. The van der Waals surface area contributed by atoms with Crippen LogP contribution < -0.4 is 0 Å². The lowest BCUT2D eigenvalue weighted by Crippen LogP contribution is -2.00. The number of hydrogen-bond donors (Lipinski definition) is 0. The molecule has 0 atom stereocenters. The van der Waals surface area contributed by atoms with E-state index in [2.05, 4.69) is 115 Å². The molecule has 0 aliphatic carbocycles. The summed E-state index contributed by atoms with van der Waals surface area (Å²) in [6.07, 6.45) is 0. The molecule has 0 saturated carbocycles. The largest absolute Gasteiger partial charge is 0.456 e. The first-order valence-corrected chi connectivity index (χ1v) is 17.3. The van der Waals surface area contributed by atoms with Gasteiger partial charge >= 0.3 is 0 Å². The van der Waals surface area contributed by atoms with Gasteiger partial charge in [0.2, 0.25) is 0 Å². The van der Waals surface area contributed by atoms with Crippen LogP contribution in [0.5, 0.6) is 0 Å². The van der Waals surface area contributed by atoms with E-state index >= 15 is 0 Å². The Labute approximate surface area is 297 Å². The number of nitrogens with zero attached hydrogens (tertiary/aromatic N) is 3. The van der Waals surface area contributed by atoms with E-state index in [0.717, 1.165) is 71.7 Å². The molecule has 0 aliphatic heterocycles. The van der Waals surface area contributed by atoms with Gasteiger partial charge in [-0.1, -0.05) is 121 Å². The second-order valence-corrected chi connectivity index (χ2v) is 13.2. The second kappa shape index (κ2) is 11.2. The van der Waals surface area contributed by atoms with Gasteiger partial charge in [-0.25, -0.2) is 15.0 Å². The molecule has 5 nitrogen and oxygen atoms in total. The van der Waals surface area contributed by atoms with E-state index < -0.39 is 0 Å². The molecule has 0 amide bonds. The molecule has 3 aromatic heterocycles. The van der Waals surface area contributed by atoms with Crippen molar-refractivity contribution >= 4 is 65.4 Å². The van der Waals surface area contributed by atoms with Crippen LogP contribution in [0.25, 0.3) is 111 Å². The minimum absolute atomic E-state index is 0.579. The molecule has 242 valence electrons. The standard InChI is InChI=1S/C47H27N3O2/c1-2-10-28(11-3-1)31-13-8-14-32(26-31)45-48-46(50-47(49-45)36-17-9-19-40-43(36)35-16-6-7-18-38(35)51-40)33-23-24-39-37(27-33)44-41(52-39)25-22-30-21-20-29-12-4-5-15-34(29)42(30)44/h1-27H. The monoisotopic (exact) mass is 665 g/mol. The van der Waals surface area contributed by atoms with Crippen LogP contribution in [0.4, 0.5) is 0 Å². The molecule has 0 fully saturated rings. The third kappa shape index (κ3) is 4.46. The van der Waals surface area contributed by atoms with Crippen molar-refractivity contribution in [3.63, 3.8) is 0 Å². The van der Waals surface area contributed by atoms with E-state index in [9.17, 15) is 0 Å². The van der Waals surface area contributed by atoms with Crippen molar-refractivity contribution in [3.05, 3.63) is 164 Å². The van der Waals surface area contributed by atoms with Crippen LogP contribution in [0.3, 0.4) is 0 Å². The molecule has 0 saturated heterocycles. The van der Waals surface area contributed by atoms with Gasteiger partial charge < -0.3 is 8.83 Å². The summed E-state index contributed by atoms with van der Waals surface area (Å²) >= 11 is 0. The Bertz CT molecular complexity index is 3190. The molecule has 5 heteroatoms. The first-order chi connectivity index (χ1) is 25.7. The number of aromatic nitrogens is 3. The fourth-order valence-corrected chi connectivity index (χ4v) is 7.69. The Balaban J connectivity index is 1.18. The number of hydrogen-bond acceptors (Lipinski definition) is 5. The SMILES string of the molecule is c1ccc(-c2cccc(-c3nc(-c4ccc5oc6ccc7ccc8ccccc8c7c6c5c4)nc(-c4cccc5oc6ccccc6c45)n3)c2)cc1. The maximum Gasteiger partial charge on any atom is 0.164 e. The molecule has 3 heterocycles. The van der Waals surface area contributed by atoms with Gasteiger partial charge in [0.25, 0.3) is 0 Å². The average Bonchev–Trinajstić information content (AvgIpc) is 3.79. The maximum absolute atomic E-state index is 6.46. The summed E-state index contributed by atoms with van der Waals surface area (Å²) in [5.41, 5.74) is 8.18. The van der Waals surface area contributed by atoms with Crippen molar-refractivity contribution in [2.75, 3.05) is 0 Å². The first-order valence-electron chi connectivity index (χ1n) is 17.3. The summed E-state index contributed by atoms with van der Waals surface area (Å²) in [7, 11) is 0. The van der Waals surface area contributed by atoms with Crippen molar-refractivity contribution < 1.29 is 8.83 Å². The second-order valence-electron chi connectivity index (χ2n) is 13.2. The van der Waals surface area contributed by atoms with Gasteiger partial charge in [-0.3, -0.25) is 0 Å². The number of para-hydroxylation sites is 1. The number of furan rings is 2. The lowest BCUT2D eigenvalue weighted by molar-refractivity contribution is 0.668. The van der Waals surface area contributed by atoms with E-state index in [1.54, 1.807) is 0 Å². The third-order valence-corrected chi connectivity index (χ3v) is 10.1. The summed E-state index contributed by atoms with van der Waals surface area (Å²) < 4.78 is 12.7. The predicted molar refractivity (Wildman–Crippen MR) is 211 cm³/mol. The summed E-state index contributed by atoms with van der Waals surface area (Å²) in [6, 6.07) is 56.3. The molecule has 52 heavy (non-hydrogen) atoms. The molecule has 0 bridgehead atoms. The molecule has 8 aromatic carbocycles. The van der Waals surface area contributed by atoms with Crippen molar-refractivity contribution in [2.45, 2.75) is 0 Å². The Kier molecular flexibility index (Phi) is 6.18. The van der Waals surface area contributed by atoms with Crippen molar-refractivity contribution in [2.24, 2.45) is 0 Å². The lowest BCUT2D eigenvalue weighted by Gasteiger charge is -2.10. The highest BCUT2D eigenvalue weighted by molar-refractivity contribution is 6.26. The van der Waals surface area contributed by atoms with Crippen LogP contribution in [0.15, 0.2) is 173 Å². The van der Waals surface area contributed by atoms with Crippen LogP contribution in [0, 0.1) is 0 Å². The normalized spacial score (nSPS) is 11.8. The van der Waals surface area contributed by atoms with Gasteiger partial charge in [0.05, 0.1) is 0 Å². The number of fused-ring (bicyclic) bond motifs is 10. The van der Waals surface area contributed by atoms with E-state index in [-0.39, 0.29) is 0 Å². The Morgan fingerprint density at radius 2 is 0.904 bits per heavy atom. The predicted octanol–water partition coefficient (Wildman–Crippen LogP) is 12.6. The topological polar surface area (TPSA) is 65.0 Å². The lowest BCUT2D eigenvalue weighted by atomic mass is 9.97. The van der Waals surface area contributed by atoms with Gasteiger partial charge in [-0.15, -0.1) is 0 Å². The molecule has 0 N–H and O–H groups in total. The zero-order valence-corrected chi connectivity index (χ0v) is 27.7. The summed E-state index contributed by atoms with van der Waals surface area (Å²) in [6.45, 7) is 0. The fraction of sp³-hybridized carbons (Fsp3) is 0. The molecule has 11 rings (SSSR count). The molecule has 0 radical (unpaired) electrons. The highest BCUT2D eigenvalue weighted by Gasteiger charge is 2.20. The van der Waals surface area contributed by atoms with Crippen LogP contribution in [0.1, 0.15) is 0 Å². The van der Waals surface area contributed by atoms with E-state index in [0.29, 0.717) is 17.5 Å². The van der Waals surface area contributed by atoms with Crippen molar-refractivity contribution in [1.29, 1.82) is 0 Å². The minimum atomic E-state index is 0.579. The van der Waals surface area contributed by atoms with Crippen molar-refractivity contribution in [1.82, 2.24) is 15.0 Å². The Morgan fingerprint density at radius 1 is 0.308 bits per heavy atom. The average molecular weight is 666 g/mol. The highest BCUT2D eigenvalue weighted by Crippen LogP contribution is 2.41. The first kappa shape index (κ1) is 28.7. The zero-order valence-electron chi connectivity index (χ0n) is 27.7. The Hall–Kier alpha value is -7.11. The molecule has 0 aliphatic rings. The van der Waals surface area contributed by atoms with Crippen LogP contribution in [-0.4, -0.2) is 15.0 Å². The molecule has 0 unspecified atom stereocenters. The van der Waals surface area contributed by atoms with E-state index in [4.69, 9.17) is 23.8 Å². The van der Waals surface area contributed by atoms with Crippen molar-refractivity contribution in [3.8, 4) is 45.3 Å². The quantitative estimate of drug-likeness (QED) is 0.175. The van der Waals surface area contributed by atoms with Crippen LogP contribution in [-0.2, 0) is 0 Å². The Morgan fingerprint density at radius 3 is 1.79 bits per heavy atom. The van der Waals surface area contributed by atoms with Gasteiger partial charge in [-0.2, -0.15) is 0 Å². The maximum atomic E-state index is 6.46. The highest BCUT2D eigenvalue weighted by atomic mass is 16.3. The fourth-order valence-electron chi connectivity index (χ4n) is 7.69. The number of benzene rings is 8. The molecular weight excluding hydrogens is 639 g/mol. The van der Waals surface area contributed by atoms with Gasteiger partial charge in [0, 0.05) is 43.6 Å². The van der Waals surface area contributed by atoms with Gasteiger partial charge in [-0.05, 0) is 69.8 Å². The summed E-state index contributed by atoms with van der Waals surface area (Å²) in [4.78, 5) is 15.5. The third-order valence-electron chi connectivity index (χ3n) is 10.1. The smallest absolute Gasteiger partial charge is 0.164 e. The summed E-state index contributed by atoms with van der Waals surface area (Å²) in [5.74, 6) is 1.75. The molecular formula is C47H27N3O2. The van der Waals surface area contributed by atoms with Gasteiger partial charge in [0.15, 0.2) is 17.5 Å². The van der Waals surface area contributed by atoms with E-state index in [1.165, 1.54) is 21.5 Å². The van der Waals surface area contributed by atoms with Crippen LogP contribution >= 0.6 is 0 Å². The number of rotatable bonds is 4. The molecule has 11 aromatic rings. The zero-order chi connectivity index (χ0) is 34.2. The van der Waals surface area contributed by atoms with Crippen LogP contribution in [0.2, 0.25) is 0 Å².